The number of pyridine rings is 2. The Morgan fingerprint density at radius 3 is 2.32 bits per heavy atom. The van der Waals surface area contributed by atoms with E-state index in [1.807, 2.05) is 0 Å². The third-order valence-corrected chi connectivity index (χ3v) is 4.42. The van der Waals surface area contributed by atoms with E-state index in [-0.39, 0.29) is 10.9 Å². The van der Waals surface area contributed by atoms with E-state index >= 15 is 0 Å². The van der Waals surface area contributed by atoms with Crippen molar-refractivity contribution in [2.75, 3.05) is 0 Å². The Labute approximate surface area is 157 Å². The summed E-state index contributed by atoms with van der Waals surface area (Å²) in [5.74, 6) is -2.55. The van der Waals surface area contributed by atoms with Crippen molar-refractivity contribution in [3.8, 4) is 16.8 Å². The van der Waals surface area contributed by atoms with Gasteiger partial charge in [0.1, 0.15) is 17.2 Å². The van der Waals surface area contributed by atoms with Gasteiger partial charge in [-0.15, -0.1) is 0 Å². The number of hydrogen-bond acceptors (Lipinski definition) is 3. The van der Waals surface area contributed by atoms with Crippen molar-refractivity contribution < 1.29 is 18.7 Å². The Morgan fingerprint density at radius 2 is 1.68 bits per heavy atom. The summed E-state index contributed by atoms with van der Waals surface area (Å²) in [6, 6.07) is 11.1. The van der Waals surface area contributed by atoms with Crippen LogP contribution in [0.1, 0.15) is 10.4 Å². The summed E-state index contributed by atoms with van der Waals surface area (Å²) in [6.45, 7) is 0. The van der Waals surface area contributed by atoms with Crippen molar-refractivity contribution in [2.45, 2.75) is 0 Å². The summed E-state index contributed by atoms with van der Waals surface area (Å²) >= 11 is 0. The average molecular weight is 378 g/mol. The first-order valence-electron chi connectivity index (χ1n) is 8.24. The fraction of sp³-hybridized carbons (Fsp3) is 0. The monoisotopic (exact) mass is 378 g/mol. The minimum absolute atomic E-state index is 0.0838. The van der Waals surface area contributed by atoms with Gasteiger partial charge in [-0.1, -0.05) is 0 Å². The van der Waals surface area contributed by atoms with Crippen LogP contribution in [-0.2, 0) is 0 Å². The first kappa shape index (κ1) is 17.5. The number of aromatic nitrogens is 2. The van der Waals surface area contributed by atoms with Crippen molar-refractivity contribution in [3.63, 3.8) is 0 Å². The molecule has 7 heteroatoms. The third-order valence-electron chi connectivity index (χ3n) is 4.42. The summed E-state index contributed by atoms with van der Waals surface area (Å²) in [4.78, 5) is 28.0. The first-order chi connectivity index (χ1) is 13.5. The van der Waals surface area contributed by atoms with E-state index in [0.717, 1.165) is 12.3 Å². The van der Waals surface area contributed by atoms with Crippen LogP contribution < -0.4 is 5.43 Å². The minimum atomic E-state index is -1.43. The number of carboxylic acids is 1. The molecule has 0 atom stereocenters. The van der Waals surface area contributed by atoms with Crippen LogP contribution in [0.2, 0.25) is 0 Å². The van der Waals surface area contributed by atoms with Crippen LogP contribution in [0.25, 0.3) is 27.7 Å². The first-order valence-corrected chi connectivity index (χ1v) is 8.24. The van der Waals surface area contributed by atoms with Gasteiger partial charge in [-0.2, -0.15) is 0 Å². The summed E-state index contributed by atoms with van der Waals surface area (Å²) in [7, 11) is 0. The molecule has 28 heavy (non-hydrogen) atoms. The van der Waals surface area contributed by atoms with Gasteiger partial charge in [0, 0.05) is 35.2 Å². The van der Waals surface area contributed by atoms with Gasteiger partial charge in [-0.25, -0.2) is 13.6 Å². The molecule has 2 aromatic carbocycles. The second kappa shape index (κ2) is 6.70. The van der Waals surface area contributed by atoms with E-state index in [9.17, 15) is 23.5 Å². The highest BCUT2D eigenvalue weighted by Gasteiger charge is 2.18. The molecule has 0 bridgehead atoms. The number of hydrogen-bond donors (Lipinski definition) is 1. The SMILES string of the molecule is O=C(O)c1cn(-c2ccc(F)cc2)c2cc(-c3ccncc3)c(F)cc2c1=O. The topological polar surface area (TPSA) is 72.2 Å². The van der Waals surface area contributed by atoms with Crippen LogP contribution in [0, 0.1) is 11.6 Å². The van der Waals surface area contributed by atoms with E-state index in [1.54, 1.807) is 12.1 Å². The van der Waals surface area contributed by atoms with Crippen LogP contribution >= 0.6 is 0 Å². The molecule has 0 amide bonds. The predicted molar refractivity (Wildman–Crippen MR) is 99.7 cm³/mol. The van der Waals surface area contributed by atoms with Gasteiger partial charge in [0.15, 0.2) is 0 Å². The van der Waals surface area contributed by atoms with E-state index in [2.05, 4.69) is 4.98 Å². The van der Waals surface area contributed by atoms with Crippen molar-refractivity contribution in [1.82, 2.24) is 9.55 Å². The second-order valence-corrected chi connectivity index (χ2v) is 6.11. The van der Waals surface area contributed by atoms with Crippen LogP contribution in [-0.4, -0.2) is 20.6 Å². The molecule has 2 aromatic heterocycles. The Hall–Kier alpha value is -3.87. The number of carboxylic acid groups (broad SMARTS) is 1. The zero-order valence-electron chi connectivity index (χ0n) is 14.3. The highest BCUT2D eigenvalue weighted by molar-refractivity contribution is 5.94. The molecule has 2 heterocycles. The van der Waals surface area contributed by atoms with Gasteiger partial charge in [-0.05, 0) is 54.1 Å². The van der Waals surface area contributed by atoms with Crippen LogP contribution in [0.5, 0.6) is 0 Å². The van der Waals surface area contributed by atoms with Crippen LogP contribution in [0.4, 0.5) is 8.78 Å². The smallest absolute Gasteiger partial charge is 0.341 e. The lowest BCUT2D eigenvalue weighted by molar-refractivity contribution is 0.0695. The molecular weight excluding hydrogens is 366 g/mol. The molecule has 0 radical (unpaired) electrons. The zero-order valence-corrected chi connectivity index (χ0v) is 14.3. The molecule has 0 aliphatic carbocycles. The predicted octanol–water partition coefficient (Wildman–Crippen LogP) is 4.03. The minimum Gasteiger partial charge on any atom is -0.477 e. The Bertz CT molecular complexity index is 1270. The van der Waals surface area contributed by atoms with Gasteiger partial charge in [0.05, 0.1) is 5.52 Å². The molecule has 0 aliphatic rings. The molecule has 4 rings (SSSR count). The number of aromatic carboxylic acids is 1. The maximum absolute atomic E-state index is 14.7. The second-order valence-electron chi connectivity index (χ2n) is 6.11. The van der Waals surface area contributed by atoms with Gasteiger partial charge >= 0.3 is 5.97 Å². The van der Waals surface area contributed by atoms with Crippen molar-refractivity contribution >= 4 is 16.9 Å². The molecule has 0 unspecified atom stereocenters. The van der Waals surface area contributed by atoms with Crippen LogP contribution in [0.3, 0.4) is 0 Å². The average Bonchev–Trinajstić information content (AvgIpc) is 2.69. The molecule has 138 valence electrons. The molecule has 0 aliphatic heterocycles. The number of fused-ring (bicyclic) bond motifs is 1. The van der Waals surface area contributed by atoms with Crippen molar-refractivity contribution in [2.24, 2.45) is 0 Å². The van der Waals surface area contributed by atoms with Gasteiger partial charge in [-0.3, -0.25) is 9.78 Å². The lowest BCUT2D eigenvalue weighted by Gasteiger charge is -2.14. The zero-order chi connectivity index (χ0) is 19.8. The molecule has 4 aromatic rings. The normalized spacial score (nSPS) is 10.9. The highest BCUT2D eigenvalue weighted by atomic mass is 19.1. The maximum atomic E-state index is 14.7. The quantitative estimate of drug-likeness (QED) is 0.584. The van der Waals surface area contributed by atoms with Crippen LogP contribution in [0.15, 0.2) is 71.9 Å². The van der Waals surface area contributed by atoms with E-state index in [0.29, 0.717) is 16.8 Å². The highest BCUT2D eigenvalue weighted by Crippen LogP contribution is 2.28. The van der Waals surface area contributed by atoms with Crippen molar-refractivity contribution in [1.29, 1.82) is 0 Å². The number of benzene rings is 2. The summed E-state index contributed by atoms with van der Waals surface area (Å²) in [5.41, 5.74) is 0.216. The number of halogens is 2. The van der Waals surface area contributed by atoms with Crippen molar-refractivity contribution in [3.05, 3.63) is 94.5 Å². The molecule has 0 saturated heterocycles. The lowest BCUT2D eigenvalue weighted by Crippen LogP contribution is -2.18. The Balaban J connectivity index is 2.11. The fourth-order valence-corrected chi connectivity index (χ4v) is 3.07. The summed E-state index contributed by atoms with van der Waals surface area (Å²) < 4.78 is 29.5. The molecular formula is C21H12F2N2O3. The van der Waals surface area contributed by atoms with Gasteiger partial charge in [0.25, 0.3) is 0 Å². The number of rotatable bonds is 3. The molecule has 5 nitrogen and oxygen atoms in total. The summed E-state index contributed by atoms with van der Waals surface area (Å²) in [5, 5.41) is 9.28. The van der Waals surface area contributed by atoms with E-state index in [4.69, 9.17) is 0 Å². The number of carbonyl (C=O) groups is 1. The van der Waals surface area contributed by atoms with E-state index in [1.165, 1.54) is 47.3 Å². The molecule has 1 N–H and O–H groups in total. The summed E-state index contributed by atoms with van der Waals surface area (Å²) in [6.07, 6.45) is 4.19. The lowest BCUT2D eigenvalue weighted by atomic mass is 10.0. The number of nitrogens with zero attached hydrogens (tertiary/aromatic N) is 2. The fourth-order valence-electron chi connectivity index (χ4n) is 3.07. The Kier molecular flexibility index (Phi) is 4.19. The van der Waals surface area contributed by atoms with E-state index < -0.39 is 28.6 Å². The molecule has 0 saturated carbocycles. The maximum Gasteiger partial charge on any atom is 0.341 e. The van der Waals surface area contributed by atoms with Gasteiger partial charge in [0.2, 0.25) is 5.43 Å². The molecule has 0 spiro atoms. The standard InChI is InChI=1S/C21H12F2N2O3/c22-13-1-3-14(4-2-13)25-11-17(21(27)28)20(26)16-9-18(23)15(10-19(16)25)12-5-7-24-8-6-12/h1-11H,(H,27,28). The molecule has 0 fully saturated rings. The van der Waals surface area contributed by atoms with Gasteiger partial charge < -0.3 is 9.67 Å². The largest absolute Gasteiger partial charge is 0.477 e. The Morgan fingerprint density at radius 1 is 1.00 bits per heavy atom. The third kappa shape index (κ3) is 2.92.